The summed E-state index contributed by atoms with van der Waals surface area (Å²) in [6.45, 7) is 0.580. The third kappa shape index (κ3) is 3.79. The summed E-state index contributed by atoms with van der Waals surface area (Å²) < 4.78 is 6.24. The Labute approximate surface area is 143 Å². The molecule has 1 atom stereocenters. The number of anilines is 1. The highest BCUT2D eigenvalue weighted by molar-refractivity contribution is 9.10. The van der Waals surface area contributed by atoms with Crippen molar-refractivity contribution in [2.75, 3.05) is 11.4 Å². The van der Waals surface area contributed by atoms with Gasteiger partial charge in [0.25, 0.3) is 0 Å². The number of carbonyl (C=O) groups excluding carboxylic acids is 2. The van der Waals surface area contributed by atoms with Crippen molar-refractivity contribution in [1.29, 1.82) is 0 Å². The van der Waals surface area contributed by atoms with E-state index in [9.17, 15) is 9.59 Å². The van der Waals surface area contributed by atoms with Crippen molar-refractivity contribution in [3.63, 3.8) is 0 Å². The summed E-state index contributed by atoms with van der Waals surface area (Å²) in [5.74, 6) is -0.279. The first-order valence-corrected chi connectivity index (χ1v) is 8.17. The molecule has 1 fully saturated rings. The van der Waals surface area contributed by atoms with Crippen molar-refractivity contribution >= 4 is 33.4 Å². The number of nitrogens with zero attached hydrogens (tertiary/aromatic N) is 1. The van der Waals surface area contributed by atoms with Gasteiger partial charge in [-0.3, -0.25) is 9.59 Å². The van der Waals surface area contributed by atoms with Crippen LogP contribution in [0.3, 0.4) is 0 Å². The average molecular weight is 374 g/mol. The smallest absolute Gasteiger partial charge is 0.308 e. The van der Waals surface area contributed by atoms with Gasteiger partial charge in [0.1, 0.15) is 12.6 Å². The predicted octanol–water partition coefficient (Wildman–Crippen LogP) is 3.34. The lowest BCUT2D eigenvalue weighted by Gasteiger charge is -2.40. The van der Waals surface area contributed by atoms with E-state index < -0.39 is 6.04 Å². The van der Waals surface area contributed by atoms with Crippen LogP contribution in [-0.2, 0) is 20.9 Å². The summed E-state index contributed by atoms with van der Waals surface area (Å²) >= 11 is 3.38. The molecule has 0 aliphatic carbocycles. The molecule has 1 heterocycles. The van der Waals surface area contributed by atoms with Gasteiger partial charge in [-0.25, -0.2) is 0 Å². The molecule has 118 valence electrons. The van der Waals surface area contributed by atoms with Gasteiger partial charge in [-0.05, 0) is 29.8 Å². The van der Waals surface area contributed by atoms with Gasteiger partial charge >= 0.3 is 5.97 Å². The van der Waals surface area contributed by atoms with Gasteiger partial charge < -0.3 is 9.64 Å². The zero-order chi connectivity index (χ0) is 16.2. The Balaban J connectivity index is 1.56. The van der Waals surface area contributed by atoms with E-state index in [0.29, 0.717) is 6.54 Å². The van der Waals surface area contributed by atoms with Crippen LogP contribution in [0.25, 0.3) is 0 Å². The van der Waals surface area contributed by atoms with Gasteiger partial charge in [-0.1, -0.05) is 46.3 Å². The summed E-state index contributed by atoms with van der Waals surface area (Å²) in [6, 6.07) is 16.8. The number of Topliss-reactive ketones (excluding diaryl/α,β-unsaturated/α-hetero) is 1. The summed E-state index contributed by atoms with van der Waals surface area (Å²) in [6.07, 6.45) is 0.0851. The third-order valence-corrected chi connectivity index (χ3v) is 4.36. The third-order valence-electron chi connectivity index (χ3n) is 3.84. The second-order valence-corrected chi connectivity index (χ2v) is 6.35. The topological polar surface area (TPSA) is 46.6 Å². The van der Waals surface area contributed by atoms with Crippen molar-refractivity contribution in [2.45, 2.75) is 19.1 Å². The predicted molar refractivity (Wildman–Crippen MR) is 91.1 cm³/mol. The fourth-order valence-electron chi connectivity index (χ4n) is 2.53. The van der Waals surface area contributed by atoms with E-state index in [1.807, 2.05) is 59.5 Å². The molecule has 0 N–H and O–H groups in total. The fraction of sp³-hybridized carbons (Fsp3) is 0.222. The zero-order valence-corrected chi connectivity index (χ0v) is 14.0. The van der Waals surface area contributed by atoms with E-state index in [2.05, 4.69) is 15.9 Å². The second-order valence-electron chi connectivity index (χ2n) is 5.44. The monoisotopic (exact) mass is 373 g/mol. The second kappa shape index (κ2) is 6.96. The Morgan fingerprint density at radius 1 is 1.13 bits per heavy atom. The number of halogens is 1. The van der Waals surface area contributed by atoms with E-state index in [1.165, 1.54) is 0 Å². The first kappa shape index (κ1) is 15.7. The first-order chi connectivity index (χ1) is 11.1. The quantitative estimate of drug-likeness (QED) is 0.754. The van der Waals surface area contributed by atoms with Gasteiger partial charge in [-0.15, -0.1) is 0 Å². The van der Waals surface area contributed by atoms with Crippen LogP contribution in [0.4, 0.5) is 5.69 Å². The van der Waals surface area contributed by atoms with Gasteiger partial charge in [0.05, 0.1) is 13.0 Å². The molecule has 1 unspecified atom stereocenters. The van der Waals surface area contributed by atoms with Crippen molar-refractivity contribution in [3.05, 3.63) is 64.6 Å². The highest BCUT2D eigenvalue weighted by Gasteiger charge is 2.39. The van der Waals surface area contributed by atoms with Crippen LogP contribution in [-0.4, -0.2) is 24.3 Å². The molecular weight excluding hydrogens is 358 g/mol. The van der Waals surface area contributed by atoms with Crippen molar-refractivity contribution in [3.8, 4) is 0 Å². The number of benzene rings is 2. The van der Waals surface area contributed by atoms with Crippen LogP contribution in [0.5, 0.6) is 0 Å². The average Bonchev–Trinajstić information content (AvgIpc) is 2.58. The van der Waals surface area contributed by atoms with E-state index in [1.54, 1.807) is 0 Å². The number of carbonyl (C=O) groups is 2. The lowest BCUT2D eigenvalue weighted by Crippen LogP contribution is -2.58. The Kier molecular flexibility index (Phi) is 4.76. The van der Waals surface area contributed by atoms with E-state index >= 15 is 0 Å². The molecule has 1 aliphatic heterocycles. The summed E-state index contributed by atoms with van der Waals surface area (Å²) in [5.41, 5.74) is 1.87. The molecule has 0 spiro atoms. The largest absolute Gasteiger partial charge is 0.461 e. The molecule has 23 heavy (non-hydrogen) atoms. The maximum Gasteiger partial charge on any atom is 0.308 e. The van der Waals surface area contributed by atoms with Crippen LogP contribution in [0.1, 0.15) is 12.0 Å². The Bertz CT molecular complexity index is 700. The number of hydrogen-bond acceptors (Lipinski definition) is 4. The maximum atomic E-state index is 12.0. The molecule has 0 aromatic heterocycles. The van der Waals surface area contributed by atoms with Crippen molar-refractivity contribution in [2.24, 2.45) is 0 Å². The Hall–Kier alpha value is -2.14. The van der Waals surface area contributed by atoms with E-state index in [0.717, 1.165) is 15.7 Å². The highest BCUT2D eigenvalue weighted by Crippen LogP contribution is 2.27. The standard InChI is InChI=1S/C18H16BrNO3/c19-14-6-8-15(9-7-14)20-11-17(21)16(20)10-18(22)23-12-13-4-2-1-3-5-13/h1-9,16H,10-12H2. The fourth-order valence-corrected chi connectivity index (χ4v) is 2.79. The molecule has 2 aromatic rings. The molecule has 0 saturated carbocycles. The minimum absolute atomic E-state index is 0.0737. The highest BCUT2D eigenvalue weighted by atomic mass is 79.9. The summed E-state index contributed by atoms with van der Waals surface area (Å²) in [5, 5.41) is 0. The number of hydrogen-bond donors (Lipinski definition) is 0. The number of esters is 1. The SMILES string of the molecule is O=C(CC1C(=O)CN1c1ccc(Br)cc1)OCc1ccccc1. The van der Waals surface area contributed by atoms with Crippen LogP contribution in [0.2, 0.25) is 0 Å². The molecular formula is C18H16BrNO3. The molecule has 4 nitrogen and oxygen atoms in total. The Morgan fingerprint density at radius 3 is 2.48 bits per heavy atom. The van der Waals surface area contributed by atoms with E-state index in [-0.39, 0.29) is 24.8 Å². The van der Waals surface area contributed by atoms with Crippen LogP contribution < -0.4 is 4.90 Å². The first-order valence-electron chi connectivity index (χ1n) is 7.38. The molecule has 1 saturated heterocycles. The summed E-state index contributed by atoms with van der Waals surface area (Å²) in [7, 11) is 0. The molecule has 1 aliphatic rings. The number of rotatable bonds is 5. The molecule has 0 bridgehead atoms. The van der Waals surface area contributed by atoms with Gasteiger partial charge in [0, 0.05) is 10.2 Å². The van der Waals surface area contributed by atoms with Crippen LogP contribution in [0, 0.1) is 0 Å². The molecule has 3 rings (SSSR count). The minimum atomic E-state index is -0.417. The summed E-state index contributed by atoms with van der Waals surface area (Å²) in [4.78, 5) is 25.7. The number of ether oxygens (including phenoxy) is 1. The lowest BCUT2D eigenvalue weighted by atomic mass is 9.97. The maximum absolute atomic E-state index is 12.0. The number of ketones is 1. The lowest BCUT2D eigenvalue weighted by molar-refractivity contribution is -0.147. The normalized spacial score (nSPS) is 16.8. The van der Waals surface area contributed by atoms with Crippen LogP contribution >= 0.6 is 15.9 Å². The minimum Gasteiger partial charge on any atom is -0.461 e. The molecule has 0 amide bonds. The van der Waals surface area contributed by atoms with Gasteiger partial charge in [0.15, 0.2) is 5.78 Å². The molecule has 5 heteroatoms. The molecule has 0 radical (unpaired) electrons. The Morgan fingerprint density at radius 2 is 1.83 bits per heavy atom. The van der Waals surface area contributed by atoms with Crippen LogP contribution in [0.15, 0.2) is 59.1 Å². The van der Waals surface area contributed by atoms with E-state index in [4.69, 9.17) is 4.74 Å². The zero-order valence-electron chi connectivity index (χ0n) is 12.4. The van der Waals surface area contributed by atoms with Gasteiger partial charge in [-0.2, -0.15) is 0 Å². The molecule has 2 aromatic carbocycles. The van der Waals surface area contributed by atoms with Crippen molar-refractivity contribution < 1.29 is 14.3 Å². The van der Waals surface area contributed by atoms with Gasteiger partial charge in [0.2, 0.25) is 0 Å². The van der Waals surface area contributed by atoms with Crippen molar-refractivity contribution in [1.82, 2.24) is 0 Å².